The van der Waals surface area contributed by atoms with Crippen LogP contribution < -0.4 is 11.1 Å². The summed E-state index contributed by atoms with van der Waals surface area (Å²) in [6, 6.07) is 20.3. The molecular weight excluding hydrogens is 385 g/mol. The number of rotatable bonds is 5. The van der Waals surface area contributed by atoms with Gasteiger partial charge < -0.3 is 11.1 Å². The van der Waals surface area contributed by atoms with Crippen LogP contribution in [0.3, 0.4) is 0 Å². The fraction of sp³-hybridized carbons (Fsp3) is 0.278. The Labute approximate surface area is 150 Å². The Hall–Kier alpha value is -1.56. The predicted molar refractivity (Wildman–Crippen MR) is 106 cm³/mol. The first-order valence-corrected chi connectivity index (χ1v) is 7.33. The number of para-hydroxylation sites is 1. The van der Waals surface area contributed by atoms with Crippen LogP contribution >= 0.6 is 24.0 Å². The number of guanidine groups is 1. The summed E-state index contributed by atoms with van der Waals surface area (Å²) in [5.74, 6) is 1.35. The van der Waals surface area contributed by atoms with Gasteiger partial charge >= 0.3 is 0 Å². The van der Waals surface area contributed by atoms with Crippen molar-refractivity contribution >= 4 is 35.6 Å². The third kappa shape index (κ3) is 5.67. The summed E-state index contributed by atoms with van der Waals surface area (Å²) < 4.78 is 0. The molecule has 1 unspecified atom stereocenters. The number of nitrogens with one attached hydrogen (secondary N) is 1. The molecule has 0 aromatic heterocycles. The molecule has 2 aromatic rings. The van der Waals surface area contributed by atoms with Crippen LogP contribution in [0, 0.1) is 5.92 Å². The van der Waals surface area contributed by atoms with Crippen molar-refractivity contribution in [2.45, 2.75) is 19.8 Å². The minimum Gasteiger partial charge on any atom is -0.370 e. The molecule has 0 saturated heterocycles. The molecule has 4 heteroatoms. The Morgan fingerprint density at radius 1 is 1.00 bits per heavy atom. The van der Waals surface area contributed by atoms with Crippen molar-refractivity contribution < 1.29 is 0 Å². The quantitative estimate of drug-likeness (QED) is 0.435. The maximum absolute atomic E-state index is 5.97. The van der Waals surface area contributed by atoms with E-state index >= 15 is 0 Å². The van der Waals surface area contributed by atoms with E-state index in [4.69, 9.17) is 5.73 Å². The number of nitrogens with two attached hydrogens (primary N) is 1. The maximum Gasteiger partial charge on any atom is 0.193 e. The highest BCUT2D eigenvalue weighted by Crippen LogP contribution is 2.24. The molecule has 118 valence electrons. The van der Waals surface area contributed by atoms with Crippen LogP contribution in [-0.4, -0.2) is 12.5 Å². The van der Waals surface area contributed by atoms with Crippen LogP contribution in [0.2, 0.25) is 0 Å². The molecule has 0 spiro atoms. The summed E-state index contributed by atoms with van der Waals surface area (Å²) in [6.45, 7) is 5.12. The van der Waals surface area contributed by atoms with Gasteiger partial charge in [0.1, 0.15) is 0 Å². The minimum absolute atomic E-state index is 0. The molecule has 0 bridgehead atoms. The topological polar surface area (TPSA) is 50.4 Å². The van der Waals surface area contributed by atoms with Crippen LogP contribution in [-0.2, 0) is 0 Å². The van der Waals surface area contributed by atoms with E-state index in [2.05, 4.69) is 48.4 Å². The molecule has 0 saturated carbocycles. The van der Waals surface area contributed by atoms with Gasteiger partial charge in [-0.25, -0.2) is 0 Å². The van der Waals surface area contributed by atoms with Gasteiger partial charge in [0, 0.05) is 18.2 Å². The first kappa shape index (κ1) is 18.5. The second-order valence-corrected chi connectivity index (χ2v) is 5.48. The number of hydrogen-bond donors (Lipinski definition) is 2. The first-order chi connectivity index (χ1) is 10.2. The molecular formula is C18H24IN3. The van der Waals surface area contributed by atoms with Crippen molar-refractivity contribution in [3.8, 4) is 0 Å². The number of aliphatic imine (C=N–C) groups is 1. The van der Waals surface area contributed by atoms with Crippen molar-refractivity contribution in [1.82, 2.24) is 0 Å². The summed E-state index contributed by atoms with van der Waals surface area (Å²) in [5, 5.41) is 3.12. The molecule has 0 amide bonds. The lowest BCUT2D eigenvalue weighted by Gasteiger charge is -2.19. The molecule has 0 fully saturated rings. The van der Waals surface area contributed by atoms with Crippen LogP contribution in [0.5, 0.6) is 0 Å². The number of halogens is 1. The van der Waals surface area contributed by atoms with E-state index in [1.165, 1.54) is 5.56 Å². The van der Waals surface area contributed by atoms with E-state index in [-0.39, 0.29) is 24.0 Å². The molecule has 0 aliphatic carbocycles. The fourth-order valence-electron chi connectivity index (χ4n) is 2.31. The van der Waals surface area contributed by atoms with Gasteiger partial charge in [0.2, 0.25) is 0 Å². The zero-order chi connectivity index (χ0) is 15.1. The molecule has 22 heavy (non-hydrogen) atoms. The average molecular weight is 409 g/mol. The van der Waals surface area contributed by atoms with Crippen molar-refractivity contribution in [2.75, 3.05) is 11.9 Å². The van der Waals surface area contributed by atoms with Crippen LogP contribution in [0.25, 0.3) is 0 Å². The second kappa shape index (κ2) is 9.46. The van der Waals surface area contributed by atoms with Gasteiger partial charge in [-0.2, -0.15) is 0 Å². The molecule has 2 rings (SSSR count). The molecule has 3 nitrogen and oxygen atoms in total. The Bertz CT molecular complexity index is 567. The fourth-order valence-corrected chi connectivity index (χ4v) is 2.31. The normalized spacial score (nSPS) is 12.6. The van der Waals surface area contributed by atoms with Crippen LogP contribution in [0.15, 0.2) is 65.7 Å². The zero-order valence-electron chi connectivity index (χ0n) is 13.1. The zero-order valence-corrected chi connectivity index (χ0v) is 15.4. The standard InChI is InChI=1S/C18H23N3.HI/c1-14(2)17(15-9-5-3-6-10-15)13-20-18(19)21-16-11-7-4-8-12-16;/h3-12,14,17H,13H2,1-2H3,(H3,19,20,21);1H. The van der Waals surface area contributed by atoms with Gasteiger partial charge in [-0.1, -0.05) is 62.4 Å². The molecule has 2 aromatic carbocycles. The smallest absolute Gasteiger partial charge is 0.193 e. The van der Waals surface area contributed by atoms with Gasteiger partial charge in [-0.15, -0.1) is 24.0 Å². The SMILES string of the molecule is CC(C)C(CN=C(N)Nc1ccccc1)c1ccccc1.I. The molecule has 0 heterocycles. The average Bonchev–Trinajstić information content (AvgIpc) is 2.49. The third-order valence-corrected chi connectivity index (χ3v) is 3.54. The Morgan fingerprint density at radius 3 is 2.09 bits per heavy atom. The third-order valence-electron chi connectivity index (χ3n) is 3.54. The highest BCUT2D eigenvalue weighted by Gasteiger charge is 2.15. The largest absolute Gasteiger partial charge is 0.370 e. The summed E-state index contributed by atoms with van der Waals surface area (Å²) in [7, 11) is 0. The number of anilines is 1. The van der Waals surface area contributed by atoms with E-state index in [9.17, 15) is 0 Å². The summed E-state index contributed by atoms with van der Waals surface area (Å²) in [4.78, 5) is 4.50. The molecule has 0 aliphatic rings. The van der Waals surface area contributed by atoms with Gasteiger partial charge in [-0.05, 0) is 23.6 Å². The van der Waals surface area contributed by atoms with Gasteiger partial charge in [0.05, 0.1) is 0 Å². The van der Waals surface area contributed by atoms with Crippen molar-refractivity contribution in [2.24, 2.45) is 16.6 Å². The van der Waals surface area contributed by atoms with E-state index in [1.807, 2.05) is 36.4 Å². The predicted octanol–water partition coefficient (Wildman–Crippen LogP) is 4.47. The molecule has 1 atom stereocenters. The van der Waals surface area contributed by atoms with Gasteiger partial charge in [-0.3, -0.25) is 4.99 Å². The molecule has 0 aliphatic heterocycles. The lowest BCUT2D eigenvalue weighted by atomic mass is 9.88. The Balaban J connectivity index is 0.00000242. The van der Waals surface area contributed by atoms with E-state index in [1.54, 1.807) is 0 Å². The summed E-state index contributed by atoms with van der Waals surface area (Å²) >= 11 is 0. The maximum atomic E-state index is 5.97. The van der Waals surface area contributed by atoms with Crippen molar-refractivity contribution in [3.63, 3.8) is 0 Å². The highest BCUT2D eigenvalue weighted by atomic mass is 127. The lowest BCUT2D eigenvalue weighted by Crippen LogP contribution is -2.24. The van der Waals surface area contributed by atoms with Crippen molar-refractivity contribution in [1.29, 1.82) is 0 Å². The van der Waals surface area contributed by atoms with Crippen LogP contribution in [0.4, 0.5) is 5.69 Å². The van der Waals surface area contributed by atoms with E-state index in [0.717, 1.165) is 5.69 Å². The summed E-state index contributed by atoms with van der Waals surface area (Å²) in [5.41, 5.74) is 8.24. The van der Waals surface area contributed by atoms with Gasteiger partial charge in [0.15, 0.2) is 5.96 Å². The van der Waals surface area contributed by atoms with Crippen LogP contribution in [0.1, 0.15) is 25.3 Å². The first-order valence-electron chi connectivity index (χ1n) is 7.33. The second-order valence-electron chi connectivity index (χ2n) is 5.48. The lowest BCUT2D eigenvalue weighted by molar-refractivity contribution is 0.507. The summed E-state index contributed by atoms with van der Waals surface area (Å²) in [6.07, 6.45) is 0. The van der Waals surface area contributed by atoms with E-state index in [0.29, 0.717) is 24.3 Å². The number of benzene rings is 2. The van der Waals surface area contributed by atoms with E-state index < -0.39 is 0 Å². The highest BCUT2D eigenvalue weighted by molar-refractivity contribution is 14.0. The minimum atomic E-state index is 0. The molecule has 0 radical (unpaired) electrons. The number of hydrogen-bond acceptors (Lipinski definition) is 1. The Morgan fingerprint density at radius 2 is 1.55 bits per heavy atom. The van der Waals surface area contributed by atoms with Gasteiger partial charge in [0.25, 0.3) is 0 Å². The monoisotopic (exact) mass is 409 g/mol. The van der Waals surface area contributed by atoms with Crippen molar-refractivity contribution in [3.05, 3.63) is 66.2 Å². The Kier molecular flexibility index (Phi) is 7.95. The molecule has 3 N–H and O–H groups in total. The number of nitrogens with zero attached hydrogens (tertiary/aromatic N) is 1.